The summed E-state index contributed by atoms with van der Waals surface area (Å²) in [7, 11) is 1.83. The zero-order chi connectivity index (χ0) is 16.2. The second-order valence-electron chi connectivity index (χ2n) is 6.80. The number of rotatable bonds is 4. The van der Waals surface area contributed by atoms with Crippen molar-refractivity contribution in [1.29, 1.82) is 0 Å². The van der Waals surface area contributed by atoms with E-state index in [0.29, 0.717) is 6.54 Å². The summed E-state index contributed by atoms with van der Waals surface area (Å²) in [5.74, 6) is 0.242. The van der Waals surface area contributed by atoms with Crippen molar-refractivity contribution in [3.05, 3.63) is 17.5 Å². The fraction of sp³-hybridized carbons (Fsp3) is 0.706. The number of aliphatic hydroxyl groups is 1. The first-order valence-corrected chi connectivity index (χ1v) is 9.49. The van der Waals surface area contributed by atoms with Gasteiger partial charge in [-0.15, -0.1) is 11.3 Å². The summed E-state index contributed by atoms with van der Waals surface area (Å²) >= 11 is 1.77. The Morgan fingerprint density at radius 3 is 2.78 bits per heavy atom. The van der Waals surface area contributed by atoms with E-state index in [4.69, 9.17) is 0 Å². The van der Waals surface area contributed by atoms with Crippen LogP contribution in [0.5, 0.6) is 0 Å². The molecule has 0 bridgehead atoms. The van der Waals surface area contributed by atoms with Gasteiger partial charge in [0.1, 0.15) is 0 Å². The van der Waals surface area contributed by atoms with Crippen molar-refractivity contribution in [2.45, 2.75) is 44.2 Å². The molecule has 2 unspecified atom stereocenters. The quantitative estimate of drug-likeness (QED) is 0.888. The molecule has 1 aromatic heterocycles. The van der Waals surface area contributed by atoms with E-state index in [0.717, 1.165) is 45.2 Å². The van der Waals surface area contributed by atoms with Crippen LogP contribution in [0, 0.1) is 5.92 Å². The predicted octanol–water partition coefficient (Wildman–Crippen LogP) is 2.52. The minimum absolute atomic E-state index is 0.00123. The molecule has 5 nitrogen and oxygen atoms in total. The largest absolute Gasteiger partial charge is 0.393 e. The van der Waals surface area contributed by atoms with E-state index < -0.39 is 0 Å². The summed E-state index contributed by atoms with van der Waals surface area (Å²) in [6.07, 6.45) is 4.72. The molecule has 2 heterocycles. The van der Waals surface area contributed by atoms with E-state index in [1.165, 1.54) is 5.00 Å². The lowest BCUT2D eigenvalue weighted by Crippen LogP contribution is -2.49. The molecule has 2 aliphatic rings. The predicted molar refractivity (Wildman–Crippen MR) is 94.1 cm³/mol. The van der Waals surface area contributed by atoms with Gasteiger partial charge in [-0.25, -0.2) is 4.79 Å². The third-order valence-corrected chi connectivity index (χ3v) is 6.04. The molecular weight excluding hydrogens is 310 g/mol. The smallest absolute Gasteiger partial charge is 0.317 e. The lowest BCUT2D eigenvalue weighted by atomic mass is 10.0. The van der Waals surface area contributed by atoms with Gasteiger partial charge in [0.05, 0.1) is 11.1 Å². The number of amides is 2. The number of hydrogen-bond donors (Lipinski definition) is 2. The van der Waals surface area contributed by atoms with E-state index in [-0.39, 0.29) is 24.1 Å². The number of anilines is 1. The highest BCUT2D eigenvalue weighted by Crippen LogP contribution is 2.26. The monoisotopic (exact) mass is 337 g/mol. The van der Waals surface area contributed by atoms with Gasteiger partial charge in [-0.2, -0.15) is 0 Å². The Morgan fingerprint density at radius 2 is 2.17 bits per heavy atom. The summed E-state index contributed by atoms with van der Waals surface area (Å²) in [6.45, 7) is 2.65. The summed E-state index contributed by atoms with van der Waals surface area (Å²) in [5, 5.41) is 16.5. The second-order valence-corrected chi connectivity index (χ2v) is 7.73. The molecule has 1 saturated carbocycles. The van der Waals surface area contributed by atoms with E-state index in [9.17, 15) is 9.90 Å². The van der Waals surface area contributed by atoms with Crippen LogP contribution in [0.25, 0.3) is 0 Å². The van der Waals surface area contributed by atoms with Crippen LogP contribution in [0.3, 0.4) is 0 Å². The van der Waals surface area contributed by atoms with Crippen molar-refractivity contribution in [3.8, 4) is 0 Å². The standard InChI is InChI=1S/C17H27N3O2S/c1-19(12-13-4-2-5-15(13)21)17(22)18-14-7-9-20(10-8-14)16-6-3-11-23-16/h3,6,11,13-15,21H,2,4-5,7-10,12H2,1H3,(H,18,22). The highest BCUT2D eigenvalue weighted by Gasteiger charge is 2.28. The molecule has 0 spiro atoms. The van der Waals surface area contributed by atoms with Crippen molar-refractivity contribution in [3.63, 3.8) is 0 Å². The number of carbonyl (C=O) groups is 1. The van der Waals surface area contributed by atoms with Crippen LogP contribution in [-0.4, -0.2) is 54.9 Å². The fourth-order valence-corrected chi connectivity index (χ4v) is 4.43. The zero-order valence-electron chi connectivity index (χ0n) is 13.8. The molecule has 1 aliphatic carbocycles. The van der Waals surface area contributed by atoms with Crippen LogP contribution in [0.1, 0.15) is 32.1 Å². The highest BCUT2D eigenvalue weighted by atomic mass is 32.1. The van der Waals surface area contributed by atoms with Gasteiger partial charge in [0.25, 0.3) is 0 Å². The molecular formula is C17H27N3O2S. The first-order valence-electron chi connectivity index (χ1n) is 8.61. The van der Waals surface area contributed by atoms with Crippen LogP contribution in [0.4, 0.5) is 9.80 Å². The maximum absolute atomic E-state index is 12.3. The molecule has 2 amide bonds. The van der Waals surface area contributed by atoms with Gasteiger partial charge in [-0.3, -0.25) is 0 Å². The van der Waals surface area contributed by atoms with Crippen molar-refractivity contribution < 1.29 is 9.90 Å². The Bertz CT molecular complexity index is 500. The van der Waals surface area contributed by atoms with Crippen LogP contribution < -0.4 is 10.2 Å². The minimum Gasteiger partial charge on any atom is -0.393 e. The zero-order valence-corrected chi connectivity index (χ0v) is 14.6. The van der Waals surface area contributed by atoms with Crippen LogP contribution in [-0.2, 0) is 0 Å². The number of thiophene rings is 1. The lowest BCUT2D eigenvalue weighted by Gasteiger charge is -2.34. The van der Waals surface area contributed by atoms with Gasteiger partial charge >= 0.3 is 6.03 Å². The minimum atomic E-state index is -0.237. The molecule has 6 heteroatoms. The van der Waals surface area contributed by atoms with Crippen LogP contribution >= 0.6 is 11.3 Å². The van der Waals surface area contributed by atoms with Crippen molar-refractivity contribution in [1.82, 2.24) is 10.2 Å². The molecule has 3 rings (SSSR count). The van der Waals surface area contributed by atoms with Gasteiger partial charge in [0.2, 0.25) is 0 Å². The maximum atomic E-state index is 12.3. The second kappa shape index (κ2) is 7.53. The maximum Gasteiger partial charge on any atom is 0.317 e. The topological polar surface area (TPSA) is 55.8 Å². The lowest BCUT2D eigenvalue weighted by molar-refractivity contribution is 0.113. The normalized spacial score (nSPS) is 25.6. The van der Waals surface area contributed by atoms with Gasteiger partial charge in [0, 0.05) is 38.6 Å². The summed E-state index contributed by atoms with van der Waals surface area (Å²) in [6, 6.07) is 4.50. The Morgan fingerprint density at radius 1 is 1.39 bits per heavy atom. The van der Waals surface area contributed by atoms with E-state index >= 15 is 0 Å². The summed E-state index contributed by atoms with van der Waals surface area (Å²) in [4.78, 5) is 16.5. The Kier molecular flexibility index (Phi) is 5.43. The Labute approximate surface area is 142 Å². The third kappa shape index (κ3) is 4.18. The third-order valence-electron chi connectivity index (χ3n) is 5.11. The molecule has 2 N–H and O–H groups in total. The SMILES string of the molecule is CN(CC1CCCC1O)C(=O)NC1CCN(c2cccs2)CC1. The van der Waals surface area contributed by atoms with Gasteiger partial charge in [0.15, 0.2) is 0 Å². The van der Waals surface area contributed by atoms with Crippen molar-refractivity contribution in [2.75, 3.05) is 31.6 Å². The first kappa shape index (κ1) is 16.6. The first-order chi connectivity index (χ1) is 11.1. The number of aliphatic hydroxyl groups excluding tert-OH is 1. The molecule has 1 saturated heterocycles. The molecule has 1 aromatic rings. The van der Waals surface area contributed by atoms with Crippen molar-refractivity contribution >= 4 is 22.4 Å². The number of piperidine rings is 1. The van der Waals surface area contributed by atoms with Crippen molar-refractivity contribution in [2.24, 2.45) is 5.92 Å². The average Bonchev–Trinajstić information content (AvgIpc) is 3.21. The molecule has 0 radical (unpaired) electrons. The molecule has 128 valence electrons. The van der Waals surface area contributed by atoms with Gasteiger partial charge in [-0.05, 0) is 43.2 Å². The fourth-order valence-electron chi connectivity index (χ4n) is 3.64. The molecule has 0 aromatic carbocycles. The number of urea groups is 1. The number of nitrogens with zero attached hydrogens (tertiary/aromatic N) is 2. The molecule has 1 aliphatic heterocycles. The van der Waals surface area contributed by atoms with E-state index in [1.807, 2.05) is 7.05 Å². The van der Waals surface area contributed by atoms with Crippen LogP contribution in [0.15, 0.2) is 17.5 Å². The molecule has 23 heavy (non-hydrogen) atoms. The Balaban J connectivity index is 1.42. The summed E-state index contributed by atoms with van der Waals surface area (Å²) in [5.41, 5.74) is 0. The van der Waals surface area contributed by atoms with Gasteiger partial charge in [-0.1, -0.05) is 6.42 Å². The van der Waals surface area contributed by atoms with E-state index in [2.05, 4.69) is 27.7 Å². The highest BCUT2D eigenvalue weighted by molar-refractivity contribution is 7.14. The number of carbonyl (C=O) groups excluding carboxylic acids is 1. The molecule has 2 fully saturated rings. The van der Waals surface area contributed by atoms with Gasteiger partial charge < -0.3 is 20.2 Å². The summed E-state index contributed by atoms with van der Waals surface area (Å²) < 4.78 is 0. The number of nitrogens with one attached hydrogen (secondary N) is 1. The van der Waals surface area contributed by atoms with E-state index in [1.54, 1.807) is 16.2 Å². The average molecular weight is 337 g/mol. The molecule has 2 atom stereocenters. The Hall–Kier alpha value is -1.27. The number of hydrogen-bond acceptors (Lipinski definition) is 4. The van der Waals surface area contributed by atoms with Crippen LogP contribution in [0.2, 0.25) is 0 Å².